The minimum atomic E-state index is -4.76. The van der Waals surface area contributed by atoms with Crippen LogP contribution in [0.3, 0.4) is 0 Å². The van der Waals surface area contributed by atoms with Crippen molar-refractivity contribution in [3.8, 4) is 0 Å². The molecule has 0 spiro atoms. The maximum atomic E-state index is 13.7. The number of alkyl halides is 3. The van der Waals surface area contributed by atoms with E-state index in [2.05, 4.69) is 10.3 Å². The van der Waals surface area contributed by atoms with Crippen LogP contribution in [0.5, 0.6) is 0 Å². The summed E-state index contributed by atoms with van der Waals surface area (Å²) >= 11 is 0. The third kappa shape index (κ3) is 5.99. The lowest BCUT2D eigenvalue weighted by molar-refractivity contribution is -0.115. The number of halogens is 4. The van der Waals surface area contributed by atoms with E-state index in [1.165, 1.54) is 37.3 Å². The molecule has 0 saturated carbocycles. The van der Waals surface area contributed by atoms with Crippen molar-refractivity contribution in [1.29, 1.82) is 0 Å². The van der Waals surface area contributed by atoms with Crippen LogP contribution in [0, 0.1) is 6.92 Å². The van der Waals surface area contributed by atoms with E-state index in [0.717, 1.165) is 6.08 Å². The van der Waals surface area contributed by atoms with Gasteiger partial charge in [0, 0.05) is 11.3 Å². The van der Waals surface area contributed by atoms with E-state index >= 15 is 0 Å². The number of aryl methyl sites for hydroxylation is 1. The summed E-state index contributed by atoms with van der Waals surface area (Å²) in [5.74, 6) is -1.28. The average molecular weight is 495 g/mol. The minimum Gasteiger partial charge on any atom is -0.310 e. The molecule has 1 amide bonds. The Kier molecular flexibility index (Phi) is 7.40. The van der Waals surface area contributed by atoms with Gasteiger partial charge in [0.2, 0.25) is 5.91 Å². The van der Waals surface area contributed by atoms with Gasteiger partial charge in [-0.2, -0.15) is 13.2 Å². The molecule has 0 aliphatic heterocycles. The molecule has 5 nitrogen and oxygen atoms in total. The molecule has 0 atom stereocenters. The number of carbonyl (C=O) groups excluding carboxylic acids is 1. The van der Waals surface area contributed by atoms with Gasteiger partial charge in [-0.1, -0.05) is 25.1 Å². The monoisotopic (exact) mass is 494 g/mol. The second-order valence-corrected chi connectivity index (χ2v) is 9.88. The number of hydrogen-bond donors (Lipinski definition) is 1. The van der Waals surface area contributed by atoms with Crippen LogP contribution < -0.4 is 5.32 Å². The van der Waals surface area contributed by atoms with Crippen LogP contribution in [0.2, 0.25) is 0 Å². The van der Waals surface area contributed by atoms with Crippen molar-refractivity contribution in [3.05, 3.63) is 82.8 Å². The molecule has 0 saturated heterocycles. The van der Waals surface area contributed by atoms with Crippen molar-refractivity contribution >= 4 is 27.1 Å². The predicted molar refractivity (Wildman–Crippen MR) is 121 cm³/mol. The SMILES string of the molecule is CCS(=O)(=O)c1ccc(CC(=O)Nc2ccc(C3=CCC=C(F)C=C3C(F)(F)F)c(C)n2)cc1. The standard InChI is InChI=1S/C24H22F4N2O3S/c1-3-34(32,33)18-9-7-16(8-10-18)13-23(31)30-22-12-11-19(15(2)29-22)20-6-4-5-17(25)14-21(20)24(26,27)28/h5-12,14H,3-4,13H2,1-2H3,(H,29,30,31). The van der Waals surface area contributed by atoms with E-state index in [9.17, 15) is 30.8 Å². The van der Waals surface area contributed by atoms with Gasteiger partial charge < -0.3 is 5.32 Å². The molecule has 0 radical (unpaired) electrons. The van der Waals surface area contributed by atoms with Gasteiger partial charge in [0.15, 0.2) is 9.84 Å². The Morgan fingerprint density at radius 1 is 1.09 bits per heavy atom. The fourth-order valence-electron chi connectivity index (χ4n) is 3.43. The first kappa shape index (κ1) is 25.4. The molecule has 0 fully saturated rings. The van der Waals surface area contributed by atoms with E-state index in [0.29, 0.717) is 11.6 Å². The maximum absolute atomic E-state index is 13.7. The summed E-state index contributed by atoms with van der Waals surface area (Å²) < 4.78 is 78.0. The Hall–Kier alpha value is -3.27. The lowest BCUT2D eigenvalue weighted by Crippen LogP contribution is -2.17. The Morgan fingerprint density at radius 2 is 1.76 bits per heavy atom. The molecule has 0 bridgehead atoms. The molecule has 0 unspecified atom stereocenters. The van der Waals surface area contributed by atoms with Crippen molar-refractivity contribution < 1.29 is 30.8 Å². The molecule has 2 aromatic rings. The quantitative estimate of drug-likeness (QED) is 0.539. The van der Waals surface area contributed by atoms with Gasteiger partial charge in [-0.25, -0.2) is 17.8 Å². The molecule has 1 aromatic heterocycles. The Labute approximate surface area is 194 Å². The fourth-order valence-corrected chi connectivity index (χ4v) is 4.32. The van der Waals surface area contributed by atoms with Gasteiger partial charge in [0.25, 0.3) is 0 Å². The molecule has 3 rings (SSSR count). The molecular weight excluding hydrogens is 472 g/mol. The summed E-state index contributed by atoms with van der Waals surface area (Å²) in [7, 11) is -3.34. The molecule has 34 heavy (non-hydrogen) atoms. The summed E-state index contributed by atoms with van der Waals surface area (Å²) in [4.78, 5) is 16.8. The number of rotatable bonds is 6. The number of nitrogens with one attached hydrogen (secondary N) is 1. The molecule has 10 heteroatoms. The van der Waals surface area contributed by atoms with E-state index < -0.39 is 33.3 Å². The number of nitrogens with zero attached hydrogens (tertiary/aromatic N) is 1. The number of anilines is 1. The van der Waals surface area contributed by atoms with E-state index in [-0.39, 0.29) is 46.1 Å². The first-order valence-corrected chi connectivity index (χ1v) is 12.0. The number of hydrogen-bond acceptors (Lipinski definition) is 4. The Balaban J connectivity index is 1.76. The van der Waals surface area contributed by atoms with Crippen molar-refractivity contribution in [2.45, 2.75) is 37.8 Å². The topological polar surface area (TPSA) is 76.1 Å². The van der Waals surface area contributed by atoms with Gasteiger partial charge in [-0.3, -0.25) is 4.79 Å². The van der Waals surface area contributed by atoms with Crippen LogP contribution in [-0.2, 0) is 21.1 Å². The number of carbonyl (C=O) groups is 1. The van der Waals surface area contributed by atoms with Crippen molar-refractivity contribution in [2.75, 3.05) is 11.1 Å². The largest absolute Gasteiger partial charge is 0.417 e. The number of amides is 1. The van der Waals surface area contributed by atoms with E-state index in [4.69, 9.17) is 0 Å². The third-order valence-electron chi connectivity index (χ3n) is 5.18. The number of aromatic nitrogens is 1. The van der Waals surface area contributed by atoms with Crippen molar-refractivity contribution in [1.82, 2.24) is 4.98 Å². The van der Waals surface area contributed by atoms with Gasteiger partial charge in [0.1, 0.15) is 11.6 Å². The van der Waals surface area contributed by atoms with Crippen LogP contribution in [0.1, 0.15) is 30.2 Å². The highest BCUT2D eigenvalue weighted by molar-refractivity contribution is 7.91. The summed E-state index contributed by atoms with van der Waals surface area (Å²) in [6.07, 6.45) is -2.01. The highest BCUT2D eigenvalue weighted by atomic mass is 32.2. The average Bonchev–Trinajstić information content (AvgIpc) is 2.96. The number of allylic oxidation sites excluding steroid dienone is 6. The van der Waals surface area contributed by atoms with Crippen molar-refractivity contribution in [2.24, 2.45) is 0 Å². The minimum absolute atomic E-state index is 0.00643. The zero-order valence-electron chi connectivity index (χ0n) is 18.4. The van der Waals surface area contributed by atoms with Crippen LogP contribution in [0.25, 0.3) is 5.57 Å². The van der Waals surface area contributed by atoms with Crippen LogP contribution in [0.4, 0.5) is 23.4 Å². The van der Waals surface area contributed by atoms with E-state index in [1.807, 2.05) is 0 Å². The smallest absolute Gasteiger partial charge is 0.310 e. The van der Waals surface area contributed by atoms with Crippen LogP contribution >= 0.6 is 0 Å². The highest BCUT2D eigenvalue weighted by Gasteiger charge is 2.37. The van der Waals surface area contributed by atoms with Gasteiger partial charge in [-0.15, -0.1) is 0 Å². The molecule has 1 N–H and O–H groups in total. The van der Waals surface area contributed by atoms with Gasteiger partial charge in [-0.05, 0) is 60.9 Å². The molecule has 1 aromatic carbocycles. The lowest BCUT2D eigenvalue weighted by atomic mass is 9.95. The second-order valence-electron chi connectivity index (χ2n) is 7.60. The first-order chi connectivity index (χ1) is 15.9. The Bertz CT molecular complexity index is 1290. The summed E-state index contributed by atoms with van der Waals surface area (Å²) in [6, 6.07) is 8.73. The predicted octanol–water partition coefficient (Wildman–Crippen LogP) is 5.49. The molecule has 1 aliphatic rings. The Morgan fingerprint density at radius 3 is 2.35 bits per heavy atom. The number of benzene rings is 1. The molecule has 1 heterocycles. The lowest BCUT2D eigenvalue weighted by Gasteiger charge is -2.17. The zero-order chi connectivity index (χ0) is 25.1. The molecule has 1 aliphatic carbocycles. The number of pyridine rings is 1. The van der Waals surface area contributed by atoms with E-state index in [1.54, 1.807) is 19.1 Å². The first-order valence-electron chi connectivity index (χ1n) is 10.4. The number of sulfone groups is 1. The molecule has 180 valence electrons. The summed E-state index contributed by atoms with van der Waals surface area (Å²) in [6.45, 7) is 3.04. The highest BCUT2D eigenvalue weighted by Crippen LogP contribution is 2.40. The van der Waals surface area contributed by atoms with Crippen LogP contribution in [0.15, 0.2) is 70.9 Å². The van der Waals surface area contributed by atoms with Gasteiger partial charge >= 0.3 is 6.18 Å². The third-order valence-corrected chi connectivity index (χ3v) is 6.93. The summed E-state index contributed by atoms with van der Waals surface area (Å²) in [5.41, 5.74) is -0.289. The maximum Gasteiger partial charge on any atom is 0.417 e. The molecular formula is C24H22F4N2O3S. The fraction of sp³-hybridized carbons (Fsp3) is 0.250. The van der Waals surface area contributed by atoms with Crippen molar-refractivity contribution in [3.63, 3.8) is 0 Å². The second kappa shape index (κ2) is 9.92. The summed E-state index contributed by atoms with van der Waals surface area (Å²) in [5, 5.41) is 2.58. The zero-order valence-corrected chi connectivity index (χ0v) is 19.2. The van der Waals surface area contributed by atoms with Gasteiger partial charge in [0.05, 0.1) is 22.6 Å². The normalized spacial score (nSPS) is 14.6. The van der Waals surface area contributed by atoms with Crippen LogP contribution in [-0.4, -0.2) is 31.2 Å².